The molecule has 0 aliphatic rings. The highest BCUT2D eigenvalue weighted by Gasteiger charge is 2.17. The third-order valence-electron chi connectivity index (χ3n) is 5.22. The predicted octanol–water partition coefficient (Wildman–Crippen LogP) is 2.94. The van der Waals surface area contributed by atoms with Gasteiger partial charge >= 0.3 is 5.97 Å². The second kappa shape index (κ2) is 9.93. The van der Waals surface area contributed by atoms with Crippen molar-refractivity contribution in [1.29, 1.82) is 0 Å². The SMILES string of the molecule is COc1ccc(CCn2c(C)cc(C(=O)COC(=O)Cn3ccccc3=O)c2C)cc1. The summed E-state index contributed by atoms with van der Waals surface area (Å²) < 4.78 is 13.6. The van der Waals surface area contributed by atoms with Crippen molar-refractivity contribution in [3.05, 3.63) is 87.6 Å². The van der Waals surface area contributed by atoms with Gasteiger partial charge in [0.1, 0.15) is 12.3 Å². The van der Waals surface area contributed by atoms with Crippen LogP contribution in [0.2, 0.25) is 0 Å². The largest absolute Gasteiger partial charge is 0.497 e. The van der Waals surface area contributed by atoms with Crippen LogP contribution in [0.3, 0.4) is 0 Å². The van der Waals surface area contributed by atoms with Crippen LogP contribution in [0.5, 0.6) is 5.75 Å². The molecule has 0 atom stereocenters. The van der Waals surface area contributed by atoms with E-state index in [9.17, 15) is 14.4 Å². The maximum Gasteiger partial charge on any atom is 0.326 e. The van der Waals surface area contributed by atoms with E-state index in [1.54, 1.807) is 19.2 Å². The van der Waals surface area contributed by atoms with Gasteiger partial charge in [-0.3, -0.25) is 14.4 Å². The summed E-state index contributed by atoms with van der Waals surface area (Å²) in [6.45, 7) is 3.98. The first-order valence-electron chi connectivity index (χ1n) is 10.0. The molecule has 0 aliphatic carbocycles. The quantitative estimate of drug-likeness (QED) is 0.391. The van der Waals surface area contributed by atoms with Gasteiger partial charge in [0.05, 0.1) is 7.11 Å². The van der Waals surface area contributed by atoms with Gasteiger partial charge in [-0.2, -0.15) is 0 Å². The fraction of sp³-hybridized carbons (Fsp3) is 0.292. The van der Waals surface area contributed by atoms with Gasteiger partial charge in [0, 0.05) is 35.8 Å². The van der Waals surface area contributed by atoms with Crippen molar-refractivity contribution < 1.29 is 19.1 Å². The van der Waals surface area contributed by atoms with E-state index in [1.807, 2.05) is 44.2 Å². The monoisotopic (exact) mass is 422 g/mol. The number of nitrogens with zero attached hydrogens (tertiary/aromatic N) is 2. The molecule has 3 rings (SSSR count). The van der Waals surface area contributed by atoms with Gasteiger partial charge in [0.25, 0.3) is 5.56 Å². The van der Waals surface area contributed by atoms with Crippen LogP contribution in [0.1, 0.15) is 27.3 Å². The molecule has 0 spiro atoms. The lowest BCUT2D eigenvalue weighted by atomic mass is 10.1. The maximum absolute atomic E-state index is 12.6. The minimum atomic E-state index is -0.630. The van der Waals surface area contributed by atoms with Gasteiger partial charge in [-0.05, 0) is 50.1 Å². The van der Waals surface area contributed by atoms with Crippen LogP contribution in [0, 0.1) is 13.8 Å². The van der Waals surface area contributed by atoms with E-state index in [2.05, 4.69) is 4.57 Å². The van der Waals surface area contributed by atoms with E-state index in [1.165, 1.54) is 22.4 Å². The normalized spacial score (nSPS) is 10.7. The number of carbonyl (C=O) groups is 2. The molecule has 1 aromatic carbocycles. The third kappa shape index (κ3) is 5.51. The van der Waals surface area contributed by atoms with Crippen molar-refractivity contribution >= 4 is 11.8 Å². The number of rotatable bonds is 9. The van der Waals surface area contributed by atoms with Crippen LogP contribution in [-0.2, 0) is 29.0 Å². The molecule has 0 aliphatic heterocycles. The smallest absolute Gasteiger partial charge is 0.326 e. The Hall–Kier alpha value is -3.61. The summed E-state index contributed by atoms with van der Waals surface area (Å²) in [5, 5.41) is 0. The van der Waals surface area contributed by atoms with Crippen LogP contribution in [0.15, 0.2) is 59.5 Å². The Labute approximate surface area is 180 Å². The van der Waals surface area contributed by atoms with Crippen molar-refractivity contribution in [3.8, 4) is 5.75 Å². The molecule has 0 saturated carbocycles. The molecule has 0 N–H and O–H groups in total. The van der Waals surface area contributed by atoms with Crippen molar-refractivity contribution in [1.82, 2.24) is 9.13 Å². The molecule has 2 aromatic heterocycles. The van der Waals surface area contributed by atoms with E-state index in [0.29, 0.717) is 5.56 Å². The average Bonchev–Trinajstić information content (AvgIpc) is 3.06. The first-order valence-corrected chi connectivity index (χ1v) is 10.0. The number of ether oxygens (including phenoxy) is 2. The molecule has 0 bridgehead atoms. The molecular weight excluding hydrogens is 396 g/mol. The fourth-order valence-corrected chi connectivity index (χ4v) is 3.46. The summed E-state index contributed by atoms with van der Waals surface area (Å²) in [4.78, 5) is 36.3. The summed E-state index contributed by atoms with van der Waals surface area (Å²) in [7, 11) is 1.64. The molecule has 0 radical (unpaired) electrons. The van der Waals surface area contributed by atoms with Gasteiger partial charge < -0.3 is 18.6 Å². The lowest BCUT2D eigenvalue weighted by molar-refractivity contribution is -0.143. The van der Waals surface area contributed by atoms with Gasteiger partial charge in [-0.15, -0.1) is 0 Å². The molecule has 7 nitrogen and oxygen atoms in total. The summed E-state index contributed by atoms with van der Waals surface area (Å²) in [6, 6.07) is 14.3. The number of benzene rings is 1. The highest BCUT2D eigenvalue weighted by molar-refractivity contribution is 5.99. The van der Waals surface area contributed by atoms with Gasteiger partial charge in [0.2, 0.25) is 5.78 Å². The molecule has 0 saturated heterocycles. The standard InChI is InChI=1S/C24H26N2O5/c1-17-14-21(18(2)26(17)13-11-19-7-9-20(30-3)10-8-19)22(27)16-31-24(29)15-25-12-5-4-6-23(25)28/h4-10,12,14H,11,13,15-16H2,1-3H3. The summed E-state index contributed by atoms with van der Waals surface area (Å²) in [5.74, 6) is -0.0795. The van der Waals surface area contributed by atoms with E-state index in [-0.39, 0.29) is 24.5 Å². The van der Waals surface area contributed by atoms with Gasteiger partial charge in [0.15, 0.2) is 6.61 Å². The van der Waals surface area contributed by atoms with Crippen LogP contribution >= 0.6 is 0 Å². The fourth-order valence-electron chi connectivity index (χ4n) is 3.46. The molecule has 7 heteroatoms. The van der Waals surface area contributed by atoms with Gasteiger partial charge in [-0.1, -0.05) is 18.2 Å². The number of aromatic nitrogens is 2. The number of ketones is 1. The minimum Gasteiger partial charge on any atom is -0.497 e. The van der Waals surface area contributed by atoms with Crippen LogP contribution in [-0.4, -0.2) is 34.6 Å². The summed E-state index contributed by atoms with van der Waals surface area (Å²) in [6.07, 6.45) is 2.32. The van der Waals surface area contributed by atoms with E-state index < -0.39 is 5.97 Å². The predicted molar refractivity (Wildman–Crippen MR) is 117 cm³/mol. The zero-order valence-corrected chi connectivity index (χ0v) is 18.0. The number of pyridine rings is 1. The Bertz CT molecular complexity index is 1130. The second-order valence-electron chi connectivity index (χ2n) is 7.29. The zero-order chi connectivity index (χ0) is 22.4. The molecule has 3 aromatic rings. The summed E-state index contributed by atoms with van der Waals surface area (Å²) in [5.41, 5.74) is 3.22. The Morgan fingerprint density at radius 3 is 2.45 bits per heavy atom. The highest BCUT2D eigenvalue weighted by Crippen LogP contribution is 2.18. The van der Waals surface area contributed by atoms with Crippen molar-refractivity contribution in [2.75, 3.05) is 13.7 Å². The van der Waals surface area contributed by atoms with Crippen LogP contribution in [0.4, 0.5) is 0 Å². The van der Waals surface area contributed by atoms with Gasteiger partial charge in [-0.25, -0.2) is 0 Å². The number of hydrogen-bond acceptors (Lipinski definition) is 5. The maximum atomic E-state index is 12.6. The lowest BCUT2D eigenvalue weighted by Crippen LogP contribution is -2.25. The molecule has 2 heterocycles. The zero-order valence-electron chi connectivity index (χ0n) is 18.0. The number of esters is 1. The van der Waals surface area contributed by atoms with E-state index in [4.69, 9.17) is 9.47 Å². The van der Waals surface area contributed by atoms with E-state index >= 15 is 0 Å². The number of carbonyl (C=O) groups excluding carboxylic acids is 2. The van der Waals surface area contributed by atoms with E-state index in [0.717, 1.165) is 30.1 Å². The summed E-state index contributed by atoms with van der Waals surface area (Å²) >= 11 is 0. The third-order valence-corrected chi connectivity index (χ3v) is 5.22. The topological polar surface area (TPSA) is 79.5 Å². The first-order chi connectivity index (χ1) is 14.9. The number of methoxy groups -OCH3 is 1. The average molecular weight is 422 g/mol. The second-order valence-corrected chi connectivity index (χ2v) is 7.29. The Morgan fingerprint density at radius 1 is 1.03 bits per heavy atom. The molecule has 31 heavy (non-hydrogen) atoms. The van der Waals surface area contributed by atoms with Crippen molar-refractivity contribution in [3.63, 3.8) is 0 Å². The highest BCUT2D eigenvalue weighted by atomic mass is 16.5. The molecule has 162 valence electrons. The first kappa shape index (κ1) is 22.1. The minimum absolute atomic E-state index is 0.228. The Balaban J connectivity index is 1.59. The molecule has 0 unspecified atom stereocenters. The number of Topliss-reactive ketones (excluding diaryl/α,β-unsaturated/α-hetero) is 1. The Kier molecular flexibility index (Phi) is 7.07. The number of aryl methyl sites for hydroxylation is 2. The van der Waals surface area contributed by atoms with Crippen molar-refractivity contribution in [2.45, 2.75) is 33.4 Å². The van der Waals surface area contributed by atoms with Crippen LogP contribution < -0.4 is 10.3 Å². The Morgan fingerprint density at radius 2 is 1.77 bits per heavy atom. The van der Waals surface area contributed by atoms with Crippen molar-refractivity contribution in [2.24, 2.45) is 0 Å². The lowest BCUT2D eigenvalue weighted by Gasteiger charge is -2.10. The molecule has 0 amide bonds. The molecule has 0 fully saturated rings. The molecular formula is C24H26N2O5. The van der Waals surface area contributed by atoms with Crippen LogP contribution in [0.25, 0.3) is 0 Å². The number of hydrogen-bond donors (Lipinski definition) is 0.